The number of ether oxygens (including phenoxy) is 4. The number of fused-ring (bicyclic) bond motifs is 4. The average molecular weight is 665 g/mol. The molecule has 3 atom stereocenters. The summed E-state index contributed by atoms with van der Waals surface area (Å²) in [6.45, 7) is 2.87. The molecule has 0 bridgehead atoms. The normalized spacial score (nSPS) is 19.0. The van der Waals surface area contributed by atoms with Gasteiger partial charge in [0, 0.05) is 53.3 Å². The maximum Gasteiger partial charge on any atom is 0.315 e. The highest BCUT2D eigenvalue weighted by molar-refractivity contribution is 8.00. The van der Waals surface area contributed by atoms with E-state index in [1.165, 1.54) is 5.56 Å². The van der Waals surface area contributed by atoms with Crippen LogP contribution < -0.4 is 30.7 Å². The summed E-state index contributed by atoms with van der Waals surface area (Å²) < 4.78 is 24.4. The molecule has 12 nitrogen and oxygen atoms in total. The van der Waals surface area contributed by atoms with Gasteiger partial charge in [-0.1, -0.05) is 12.5 Å². The van der Waals surface area contributed by atoms with Crippen molar-refractivity contribution < 1.29 is 28.5 Å². The van der Waals surface area contributed by atoms with Gasteiger partial charge in [0.2, 0.25) is 5.91 Å². The topological polar surface area (TPSA) is 137 Å². The second-order valence-electron chi connectivity index (χ2n) is 11.9. The number of nitrogens with one attached hydrogen (secondary N) is 4. The third-order valence-corrected chi connectivity index (χ3v) is 10.3. The Bertz CT molecular complexity index is 1550. The van der Waals surface area contributed by atoms with E-state index in [0.717, 1.165) is 71.3 Å². The number of carbonyl (C=O) groups excluding carboxylic acids is 2. The molecule has 13 heteroatoms. The van der Waals surface area contributed by atoms with Crippen LogP contribution in [0.1, 0.15) is 36.8 Å². The van der Waals surface area contributed by atoms with E-state index in [4.69, 9.17) is 24.0 Å². The number of methoxy groups -OCH3 is 2. The Kier molecular flexibility index (Phi) is 11.1. The molecule has 1 aliphatic carbocycles. The minimum Gasteiger partial charge on any atom is -0.497 e. The lowest BCUT2D eigenvalue weighted by atomic mass is 10.0. The molecule has 3 unspecified atom stereocenters. The van der Waals surface area contributed by atoms with E-state index in [1.54, 1.807) is 14.2 Å². The molecule has 3 amide bonds. The largest absolute Gasteiger partial charge is 0.497 e. The van der Waals surface area contributed by atoms with Crippen molar-refractivity contribution in [3.05, 3.63) is 53.6 Å². The fourth-order valence-electron chi connectivity index (χ4n) is 6.39. The first-order valence-corrected chi connectivity index (χ1v) is 17.4. The highest BCUT2D eigenvalue weighted by Crippen LogP contribution is 2.42. The van der Waals surface area contributed by atoms with Gasteiger partial charge in [-0.3, -0.25) is 4.79 Å². The van der Waals surface area contributed by atoms with E-state index in [0.29, 0.717) is 51.2 Å². The number of nitrogens with zero attached hydrogens (tertiary/aromatic N) is 2. The van der Waals surface area contributed by atoms with Gasteiger partial charge >= 0.3 is 6.03 Å². The van der Waals surface area contributed by atoms with E-state index >= 15 is 0 Å². The maximum atomic E-state index is 12.2. The van der Waals surface area contributed by atoms with Crippen molar-refractivity contribution in [3.63, 3.8) is 0 Å². The smallest absolute Gasteiger partial charge is 0.315 e. The van der Waals surface area contributed by atoms with Gasteiger partial charge in [0.25, 0.3) is 0 Å². The lowest BCUT2D eigenvalue weighted by molar-refractivity contribution is -0.121. The van der Waals surface area contributed by atoms with E-state index in [-0.39, 0.29) is 24.0 Å². The molecule has 4 N–H and O–H groups in total. The molecule has 3 heterocycles. The Morgan fingerprint density at radius 1 is 1.02 bits per heavy atom. The first kappa shape index (κ1) is 33.0. The summed E-state index contributed by atoms with van der Waals surface area (Å²) >= 11 is 1.91. The number of unbranched alkanes of at least 4 members (excludes halogenated alkanes) is 1. The number of hydrogen-bond acceptors (Lipinski definition) is 9. The van der Waals surface area contributed by atoms with Crippen LogP contribution in [0.4, 0.5) is 16.3 Å². The van der Waals surface area contributed by atoms with Crippen LogP contribution in [0.3, 0.4) is 0 Å². The summed E-state index contributed by atoms with van der Waals surface area (Å²) in [6, 6.07) is 14.4. The van der Waals surface area contributed by atoms with Crippen molar-refractivity contribution in [1.82, 2.24) is 25.7 Å². The minimum absolute atomic E-state index is 0.0453. The molecule has 2 aromatic carbocycles. The van der Waals surface area contributed by atoms with Crippen LogP contribution >= 0.6 is 11.8 Å². The van der Waals surface area contributed by atoms with Crippen LogP contribution in [-0.2, 0) is 27.2 Å². The second kappa shape index (κ2) is 15.8. The molecule has 2 saturated heterocycles. The van der Waals surface area contributed by atoms with Crippen molar-refractivity contribution in [1.29, 1.82) is 0 Å². The number of benzene rings is 2. The van der Waals surface area contributed by atoms with Gasteiger partial charge in [0.1, 0.15) is 17.3 Å². The molecule has 0 saturated carbocycles. The predicted molar refractivity (Wildman–Crippen MR) is 182 cm³/mol. The first-order valence-electron chi connectivity index (χ1n) is 16.3. The zero-order chi connectivity index (χ0) is 32.6. The average Bonchev–Trinajstić information content (AvgIpc) is 3.82. The quantitative estimate of drug-likeness (QED) is 0.0916. The second-order valence-corrected chi connectivity index (χ2v) is 13.2. The molecule has 6 rings (SSSR count). The Labute approximate surface area is 279 Å². The van der Waals surface area contributed by atoms with Gasteiger partial charge in [-0.15, -0.1) is 0 Å². The van der Waals surface area contributed by atoms with E-state index < -0.39 is 0 Å². The molecule has 1 aromatic heterocycles. The number of hydrogen-bond donors (Lipinski definition) is 4. The molecular formula is C34H44N6O6S. The molecule has 47 heavy (non-hydrogen) atoms. The van der Waals surface area contributed by atoms with E-state index in [2.05, 4.69) is 33.4 Å². The number of aromatic nitrogens is 2. The zero-order valence-corrected chi connectivity index (χ0v) is 27.8. The van der Waals surface area contributed by atoms with Crippen molar-refractivity contribution >= 4 is 35.2 Å². The van der Waals surface area contributed by atoms with Crippen molar-refractivity contribution in [2.75, 3.05) is 58.3 Å². The maximum absolute atomic E-state index is 12.2. The summed E-state index contributed by atoms with van der Waals surface area (Å²) in [4.78, 5) is 23.7. The third-order valence-electron chi connectivity index (χ3n) is 8.79. The van der Waals surface area contributed by atoms with Gasteiger partial charge in [0.05, 0.1) is 65.0 Å². The lowest BCUT2D eigenvalue weighted by Gasteiger charge is -2.16. The summed E-state index contributed by atoms with van der Waals surface area (Å²) in [5.41, 5.74) is 5.35. The number of anilines is 2. The van der Waals surface area contributed by atoms with E-state index in [9.17, 15) is 9.59 Å². The highest BCUT2D eigenvalue weighted by atomic mass is 32.2. The van der Waals surface area contributed by atoms with E-state index in [1.807, 2.05) is 46.8 Å². The summed E-state index contributed by atoms with van der Waals surface area (Å²) in [7, 11) is 3.34. The van der Waals surface area contributed by atoms with Crippen LogP contribution in [0.5, 0.6) is 11.5 Å². The van der Waals surface area contributed by atoms with Crippen molar-refractivity contribution in [2.24, 2.45) is 0 Å². The summed E-state index contributed by atoms with van der Waals surface area (Å²) in [5, 5.41) is 17.9. The van der Waals surface area contributed by atoms with Gasteiger partial charge in [-0.2, -0.15) is 16.9 Å². The Morgan fingerprint density at radius 3 is 2.70 bits per heavy atom. The standard InChI is InChI=1S/C34H44N6O6S/c1-43-24-7-5-6-23(20-24)36-33-27-19-22-18-25(44-2)10-11-26(22)31(27)39-40(33)13-15-46-17-16-45-14-12-35-30(41)9-4-3-8-29-32-28(21-47-29)37-34(42)38-32/h5-7,10-11,18,20,28-29,32,36H,3-4,8-9,12-17,19,21H2,1-2H3,(H,35,41)(H2,37,38,42). The SMILES string of the molecule is COc1cccc(Nc2c3c(nn2CCOCCOCCNC(=O)CCCCC2SCC4NC(=O)NC42)-c2ccc(OC)cc2C3)c1. The number of urea groups is 1. The molecular weight excluding hydrogens is 620 g/mol. The summed E-state index contributed by atoms with van der Waals surface area (Å²) in [6.07, 6.45) is 4.09. The molecule has 252 valence electrons. The zero-order valence-electron chi connectivity index (χ0n) is 27.0. The number of amides is 3. The van der Waals surface area contributed by atoms with Crippen molar-refractivity contribution in [3.8, 4) is 22.8 Å². The third kappa shape index (κ3) is 8.14. The van der Waals surface area contributed by atoms with Crippen molar-refractivity contribution in [2.45, 2.75) is 56.0 Å². The molecule has 0 radical (unpaired) electrons. The van der Waals surface area contributed by atoms with Crippen LogP contribution in [0, 0.1) is 0 Å². The predicted octanol–water partition coefficient (Wildman–Crippen LogP) is 4.09. The number of thioether (sulfide) groups is 1. The van der Waals surface area contributed by atoms with Crippen LogP contribution in [0.2, 0.25) is 0 Å². The first-order chi connectivity index (χ1) is 23.0. The van der Waals surface area contributed by atoms with Crippen LogP contribution in [0.15, 0.2) is 42.5 Å². The van der Waals surface area contributed by atoms with Gasteiger partial charge in [-0.05, 0) is 48.7 Å². The summed E-state index contributed by atoms with van der Waals surface area (Å²) in [5.74, 6) is 3.56. The van der Waals surface area contributed by atoms with Gasteiger partial charge in [0.15, 0.2) is 0 Å². The fraction of sp³-hybridized carbons (Fsp3) is 0.500. The molecule has 2 aliphatic heterocycles. The fourth-order valence-corrected chi connectivity index (χ4v) is 7.93. The molecule has 3 aromatic rings. The molecule has 3 aliphatic rings. The Balaban J connectivity index is 0.885. The monoisotopic (exact) mass is 664 g/mol. The van der Waals surface area contributed by atoms with Gasteiger partial charge < -0.3 is 40.2 Å². The van der Waals surface area contributed by atoms with Crippen LogP contribution in [0.25, 0.3) is 11.3 Å². The Hall–Kier alpha value is -3.94. The highest BCUT2D eigenvalue weighted by Gasteiger charge is 2.42. The Morgan fingerprint density at radius 2 is 1.85 bits per heavy atom. The minimum atomic E-state index is -0.0584. The van der Waals surface area contributed by atoms with Crippen LogP contribution in [-0.4, -0.2) is 92.0 Å². The lowest BCUT2D eigenvalue weighted by Crippen LogP contribution is -2.36. The molecule has 2 fully saturated rings. The number of carbonyl (C=O) groups is 2. The molecule has 0 spiro atoms. The van der Waals surface area contributed by atoms with Gasteiger partial charge in [-0.25, -0.2) is 9.48 Å². The number of rotatable bonds is 18.